The van der Waals surface area contributed by atoms with Gasteiger partial charge in [-0.05, 0) is 35.4 Å². The van der Waals surface area contributed by atoms with Crippen molar-refractivity contribution in [1.29, 1.82) is 0 Å². The predicted octanol–water partition coefficient (Wildman–Crippen LogP) is 5.63. The van der Waals surface area contributed by atoms with Crippen molar-refractivity contribution in [3.05, 3.63) is 101 Å². The van der Waals surface area contributed by atoms with Crippen LogP contribution in [0.4, 0.5) is 5.69 Å². The number of anilines is 1. The maximum Gasteiger partial charge on any atom is 0.256 e. The van der Waals surface area contributed by atoms with Gasteiger partial charge in [0.15, 0.2) is 0 Å². The van der Waals surface area contributed by atoms with Gasteiger partial charge in [0.1, 0.15) is 0 Å². The van der Waals surface area contributed by atoms with E-state index in [4.69, 9.17) is 0 Å². The molecule has 0 fully saturated rings. The molecule has 2 nitrogen and oxygen atoms in total. The maximum atomic E-state index is 12.8. The first-order valence-corrected chi connectivity index (χ1v) is 8.41. The molecule has 0 radical (unpaired) electrons. The Morgan fingerprint density at radius 3 is 2.04 bits per heavy atom. The summed E-state index contributed by atoms with van der Waals surface area (Å²) >= 11 is 3.54. The highest BCUT2D eigenvalue weighted by Gasteiger charge is 2.13. The zero-order chi connectivity index (χ0) is 16.8. The summed E-state index contributed by atoms with van der Waals surface area (Å²) in [4.78, 5) is 12.8. The van der Waals surface area contributed by atoms with E-state index in [1.165, 1.54) is 0 Å². The molecule has 0 saturated heterocycles. The van der Waals surface area contributed by atoms with Crippen LogP contribution in [0.1, 0.15) is 11.1 Å². The van der Waals surface area contributed by atoms with Crippen LogP contribution in [0.5, 0.6) is 0 Å². The van der Waals surface area contributed by atoms with E-state index < -0.39 is 0 Å². The van der Waals surface area contributed by atoms with E-state index in [2.05, 4.69) is 21.2 Å². The third kappa shape index (κ3) is 4.00. The maximum absolute atomic E-state index is 12.8. The molecular formula is C21H16BrNO. The van der Waals surface area contributed by atoms with Crippen LogP contribution < -0.4 is 5.32 Å². The summed E-state index contributed by atoms with van der Waals surface area (Å²) in [7, 11) is 0. The molecule has 0 bridgehead atoms. The zero-order valence-corrected chi connectivity index (χ0v) is 14.5. The quantitative estimate of drug-likeness (QED) is 0.463. The number of hydrogen-bond donors (Lipinski definition) is 1. The van der Waals surface area contributed by atoms with Crippen molar-refractivity contribution in [3.8, 4) is 0 Å². The lowest BCUT2D eigenvalue weighted by Crippen LogP contribution is -2.13. The van der Waals surface area contributed by atoms with Crippen molar-refractivity contribution >= 4 is 39.2 Å². The lowest BCUT2D eigenvalue weighted by atomic mass is 10.0. The Labute approximate surface area is 150 Å². The van der Waals surface area contributed by atoms with E-state index in [1.807, 2.05) is 91.0 Å². The minimum atomic E-state index is -0.136. The molecule has 3 rings (SSSR count). The minimum Gasteiger partial charge on any atom is -0.322 e. The van der Waals surface area contributed by atoms with Crippen LogP contribution in [0.15, 0.2) is 89.4 Å². The second-order valence-corrected chi connectivity index (χ2v) is 6.12. The van der Waals surface area contributed by atoms with E-state index >= 15 is 0 Å². The number of hydrogen-bond acceptors (Lipinski definition) is 1. The van der Waals surface area contributed by atoms with Gasteiger partial charge in [0.05, 0.1) is 0 Å². The average Bonchev–Trinajstić information content (AvgIpc) is 2.62. The number of amides is 1. The van der Waals surface area contributed by atoms with E-state index in [9.17, 15) is 4.79 Å². The lowest BCUT2D eigenvalue weighted by molar-refractivity contribution is -0.111. The van der Waals surface area contributed by atoms with E-state index in [1.54, 1.807) is 0 Å². The minimum absolute atomic E-state index is 0.136. The van der Waals surface area contributed by atoms with Gasteiger partial charge in [-0.1, -0.05) is 82.7 Å². The van der Waals surface area contributed by atoms with E-state index in [-0.39, 0.29) is 5.91 Å². The fourth-order valence-electron chi connectivity index (χ4n) is 2.37. The summed E-state index contributed by atoms with van der Waals surface area (Å²) in [6, 6.07) is 27.0. The Morgan fingerprint density at radius 2 is 1.38 bits per heavy atom. The molecule has 0 aliphatic rings. The molecule has 0 unspecified atom stereocenters. The summed E-state index contributed by atoms with van der Waals surface area (Å²) in [6.07, 6.45) is 1.90. The fraction of sp³-hybridized carbons (Fsp3) is 0. The number of carbonyl (C=O) groups is 1. The topological polar surface area (TPSA) is 29.1 Å². The first kappa shape index (κ1) is 16.2. The average molecular weight is 378 g/mol. The van der Waals surface area contributed by atoms with Crippen molar-refractivity contribution in [2.24, 2.45) is 0 Å². The van der Waals surface area contributed by atoms with Crippen LogP contribution >= 0.6 is 15.9 Å². The molecule has 1 N–H and O–H groups in total. The summed E-state index contributed by atoms with van der Waals surface area (Å²) in [5.41, 5.74) is 3.23. The van der Waals surface area contributed by atoms with Gasteiger partial charge in [0, 0.05) is 15.7 Å². The van der Waals surface area contributed by atoms with Gasteiger partial charge in [-0.2, -0.15) is 0 Å². The molecule has 3 aromatic carbocycles. The first-order chi connectivity index (χ1) is 11.7. The van der Waals surface area contributed by atoms with E-state index in [0.717, 1.165) is 21.3 Å². The highest BCUT2D eigenvalue weighted by atomic mass is 79.9. The molecule has 3 aromatic rings. The molecule has 24 heavy (non-hydrogen) atoms. The zero-order valence-electron chi connectivity index (χ0n) is 12.9. The normalized spacial score (nSPS) is 11.1. The Balaban J connectivity index is 2.00. The van der Waals surface area contributed by atoms with Gasteiger partial charge in [0.2, 0.25) is 0 Å². The van der Waals surface area contributed by atoms with Crippen LogP contribution in [0, 0.1) is 0 Å². The SMILES string of the molecule is O=C(Nc1ccccc1)/C(=C\c1ccccc1Br)c1ccccc1. The highest BCUT2D eigenvalue weighted by Crippen LogP contribution is 2.24. The summed E-state index contributed by atoms with van der Waals surface area (Å²) in [6.45, 7) is 0. The Hall–Kier alpha value is -2.65. The first-order valence-electron chi connectivity index (χ1n) is 7.62. The van der Waals surface area contributed by atoms with Crippen LogP contribution in [0.3, 0.4) is 0 Å². The molecule has 0 spiro atoms. The monoisotopic (exact) mass is 377 g/mol. The van der Waals surface area contributed by atoms with Crippen LogP contribution in [-0.2, 0) is 4.79 Å². The molecule has 0 aliphatic carbocycles. The Bertz CT molecular complexity index is 857. The number of para-hydroxylation sites is 1. The molecule has 1 amide bonds. The largest absolute Gasteiger partial charge is 0.322 e. The van der Waals surface area contributed by atoms with Crippen LogP contribution in [0.2, 0.25) is 0 Å². The number of halogens is 1. The molecule has 3 heteroatoms. The van der Waals surface area contributed by atoms with Crippen molar-refractivity contribution in [3.63, 3.8) is 0 Å². The van der Waals surface area contributed by atoms with Gasteiger partial charge < -0.3 is 5.32 Å². The smallest absolute Gasteiger partial charge is 0.256 e. The number of rotatable bonds is 4. The van der Waals surface area contributed by atoms with Gasteiger partial charge in [0.25, 0.3) is 5.91 Å². The van der Waals surface area contributed by atoms with Crippen molar-refractivity contribution in [2.45, 2.75) is 0 Å². The Kier molecular flexibility index (Phi) is 5.24. The molecular weight excluding hydrogens is 362 g/mol. The second-order valence-electron chi connectivity index (χ2n) is 5.27. The van der Waals surface area contributed by atoms with Gasteiger partial charge in [-0.15, -0.1) is 0 Å². The molecule has 0 aromatic heterocycles. The highest BCUT2D eigenvalue weighted by molar-refractivity contribution is 9.10. The van der Waals surface area contributed by atoms with Crippen molar-refractivity contribution in [2.75, 3.05) is 5.32 Å². The van der Waals surface area contributed by atoms with Crippen LogP contribution in [0.25, 0.3) is 11.6 Å². The summed E-state index contributed by atoms with van der Waals surface area (Å²) < 4.78 is 0.950. The molecule has 0 saturated carbocycles. The third-order valence-electron chi connectivity index (χ3n) is 3.57. The standard InChI is InChI=1S/C21H16BrNO/c22-20-14-8-7-11-17(20)15-19(16-9-3-1-4-10-16)21(24)23-18-12-5-2-6-13-18/h1-15H,(H,23,24)/b19-15-. The number of nitrogens with one attached hydrogen (secondary N) is 1. The molecule has 0 heterocycles. The van der Waals surface area contributed by atoms with Crippen LogP contribution in [-0.4, -0.2) is 5.91 Å². The van der Waals surface area contributed by atoms with E-state index in [0.29, 0.717) is 5.57 Å². The van der Waals surface area contributed by atoms with Gasteiger partial charge >= 0.3 is 0 Å². The lowest BCUT2D eigenvalue weighted by Gasteiger charge is -2.10. The third-order valence-corrected chi connectivity index (χ3v) is 4.29. The fourth-order valence-corrected chi connectivity index (χ4v) is 2.76. The van der Waals surface area contributed by atoms with Gasteiger partial charge in [-0.25, -0.2) is 0 Å². The molecule has 0 aliphatic heterocycles. The second kappa shape index (κ2) is 7.75. The Morgan fingerprint density at radius 1 is 0.792 bits per heavy atom. The summed E-state index contributed by atoms with van der Waals surface area (Å²) in [5, 5.41) is 2.96. The molecule has 118 valence electrons. The van der Waals surface area contributed by atoms with Crippen molar-refractivity contribution < 1.29 is 4.79 Å². The van der Waals surface area contributed by atoms with Gasteiger partial charge in [-0.3, -0.25) is 4.79 Å². The van der Waals surface area contributed by atoms with Crippen molar-refractivity contribution in [1.82, 2.24) is 0 Å². The molecule has 0 atom stereocenters. The number of benzene rings is 3. The summed E-state index contributed by atoms with van der Waals surface area (Å²) in [5.74, 6) is -0.136. The number of carbonyl (C=O) groups excluding carboxylic acids is 1. The predicted molar refractivity (Wildman–Crippen MR) is 104 cm³/mol.